The average molecular weight is 482 g/mol. The number of benzene rings is 3. The monoisotopic (exact) mass is 482 g/mol. The van der Waals surface area contributed by atoms with Gasteiger partial charge < -0.3 is 0 Å². The van der Waals surface area contributed by atoms with Gasteiger partial charge in [0.1, 0.15) is 0 Å². The van der Waals surface area contributed by atoms with Gasteiger partial charge in [-0.1, -0.05) is 0 Å². The van der Waals surface area contributed by atoms with E-state index in [0.29, 0.717) is 0 Å². The predicted octanol–water partition coefficient (Wildman–Crippen LogP) is 2.86. The van der Waals surface area contributed by atoms with Crippen LogP contribution in [0.5, 0.6) is 0 Å². The summed E-state index contributed by atoms with van der Waals surface area (Å²) in [6.45, 7) is 6.48. The normalized spacial score (nSPS) is 10.9. The quantitative estimate of drug-likeness (QED) is 0.505. The van der Waals surface area contributed by atoms with Crippen LogP contribution < -0.4 is 9.37 Å². The van der Waals surface area contributed by atoms with Crippen LogP contribution in [0.4, 0.5) is 0 Å². The zero-order chi connectivity index (χ0) is 15.5. The summed E-state index contributed by atoms with van der Waals surface area (Å²) in [4.78, 5) is 0. The van der Waals surface area contributed by atoms with E-state index in [4.69, 9.17) is 0 Å². The predicted molar refractivity (Wildman–Crippen MR) is 99.6 cm³/mol. The van der Waals surface area contributed by atoms with Crippen molar-refractivity contribution in [2.24, 2.45) is 0 Å². The number of aryl methyl sites for hydroxylation is 3. The molecule has 0 aliphatic carbocycles. The van der Waals surface area contributed by atoms with Crippen molar-refractivity contribution in [3.8, 4) is 0 Å². The molecule has 0 saturated carbocycles. The molecule has 0 bridgehead atoms. The molecule has 3 rings (SSSR count). The fourth-order valence-electron chi connectivity index (χ4n) is 2.85. The average Bonchev–Trinajstić information content (AvgIpc) is 2.53. The zero-order valence-corrected chi connectivity index (χ0v) is 18.0. The van der Waals surface area contributed by atoms with Gasteiger partial charge in [-0.3, -0.25) is 0 Å². The summed E-state index contributed by atoms with van der Waals surface area (Å²) in [5.41, 5.74) is 4.01. The summed E-state index contributed by atoms with van der Waals surface area (Å²) < 4.78 is 4.70. The molecule has 22 heavy (non-hydrogen) atoms. The second kappa shape index (κ2) is 6.78. The topological polar surface area (TPSA) is 0 Å². The molecule has 0 heterocycles. The van der Waals surface area contributed by atoms with Crippen LogP contribution in [-0.2, 0) is 0 Å². The second-order valence-corrected chi connectivity index (χ2v) is 17.3. The van der Waals surface area contributed by atoms with E-state index in [2.05, 4.69) is 93.6 Å². The fraction of sp³-hybridized carbons (Fsp3) is 0.143. The summed E-state index contributed by atoms with van der Waals surface area (Å²) in [7, 11) is 0. The van der Waals surface area contributed by atoms with Crippen LogP contribution in [0.2, 0.25) is 0 Å². The Morgan fingerprint density at radius 3 is 0.864 bits per heavy atom. The van der Waals surface area contributed by atoms with Gasteiger partial charge in [0.15, 0.2) is 0 Å². The van der Waals surface area contributed by atoms with Crippen molar-refractivity contribution in [1.29, 1.82) is 0 Å². The van der Waals surface area contributed by atoms with Crippen LogP contribution in [-0.4, -0.2) is 22.7 Å². The maximum absolute atomic E-state index is 2.37. The van der Waals surface area contributed by atoms with E-state index < -0.39 is 22.7 Å². The van der Waals surface area contributed by atoms with Crippen molar-refractivity contribution in [3.63, 3.8) is 0 Å². The van der Waals surface area contributed by atoms with Gasteiger partial charge in [-0.2, -0.15) is 0 Å². The summed E-state index contributed by atoms with van der Waals surface area (Å²) in [5.74, 6) is 0. The van der Waals surface area contributed by atoms with Gasteiger partial charge in [0.25, 0.3) is 0 Å². The van der Waals surface area contributed by atoms with Gasteiger partial charge in [0.2, 0.25) is 0 Å². The Bertz CT molecular complexity index is 629. The first-order chi connectivity index (χ1) is 10.6. The third kappa shape index (κ3) is 3.49. The van der Waals surface area contributed by atoms with E-state index in [1.807, 2.05) is 0 Å². The molecule has 0 N–H and O–H groups in total. The molecule has 0 spiro atoms. The molecule has 1 heteroatoms. The van der Waals surface area contributed by atoms with Gasteiger partial charge in [0, 0.05) is 0 Å². The van der Waals surface area contributed by atoms with Crippen LogP contribution >= 0.6 is 0 Å². The molecule has 0 nitrogen and oxygen atoms in total. The Hall–Kier alpha value is -1.42. The van der Waals surface area contributed by atoms with Crippen LogP contribution in [0.3, 0.4) is 0 Å². The molecule has 0 saturated heterocycles. The molecule has 0 aromatic heterocycles. The summed E-state index contributed by atoms with van der Waals surface area (Å²) >= 11 is -2.37. The first-order valence-corrected chi connectivity index (χ1v) is 14.6. The van der Waals surface area contributed by atoms with Crippen molar-refractivity contribution >= 4 is 32.1 Å². The molecule has 3 aromatic carbocycles. The number of hydrogen-bond acceptors (Lipinski definition) is 0. The fourth-order valence-corrected chi connectivity index (χ4v) is 14.1. The molecule has 0 fully saturated rings. The van der Waals surface area contributed by atoms with Crippen LogP contribution in [0, 0.1) is 20.8 Å². The molecule has 0 aliphatic heterocycles. The Morgan fingerprint density at radius 2 is 0.636 bits per heavy atom. The molecular formula is C21H22Pb. The Labute approximate surface area is 142 Å². The van der Waals surface area contributed by atoms with Crippen molar-refractivity contribution in [3.05, 3.63) is 89.5 Å². The van der Waals surface area contributed by atoms with E-state index in [1.54, 1.807) is 9.37 Å². The van der Waals surface area contributed by atoms with Crippen molar-refractivity contribution in [2.75, 3.05) is 0 Å². The SMILES string of the molecule is Cc1cc[c]([PbH]([c]2ccc(C)cc2)[c]2ccc(C)cc2)cc1. The Kier molecular flexibility index (Phi) is 4.77. The van der Waals surface area contributed by atoms with E-state index in [-0.39, 0.29) is 0 Å². The van der Waals surface area contributed by atoms with Crippen molar-refractivity contribution in [1.82, 2.24) is 0 Å². The molecule has 0 amide bonds. The molecule has 0 radical (unpaired) electrons. The van der Waals surface area contributed by atoms with Gasteiger partial charge in [-0.15, -0.1) is 0 Å². The minimum absolute atomic E-state index is 1.34. The Morgan fingerprint density at radius 1 is 0.409 bits per heavy atom. The summed E-state index contributed by atoms with van der Waals surface area (Å²) in [6, 6.07) is 27.6. The molecule has 110 valence electrons. The van der Waals surface area contributed by atoms with Gasteiger partial charge in [-0.05, 0) is 0 Å². The maximum atomic E-state index is 2.35. The Balaban J connectivity index is 2.10. The zero-order valence-electron chi connectivity index (χ0n) is 13.5. The molecule has 0 unspecified atom stereocenters. The van der Waals surface area contributed by atoms with Gasteiger partial charge >= 0.3 is 142 Å². The van der Waals surface area contributed by atoms with E-state index >= 15 is 0 Å². The molecule has 0 atom stereocenters. The second-order valence-electron chi connectivity index (χ2n) is 6.17. The number of hydrogen-bond donors (Lipinski definition) is 0. The third-order valence-electron chi connectivity index (χ3n) is 4.23. The molecule has 3 aromatic rings. The standard InChI is InChI=1S/3C7H7.Pb.H/c3*1-7-5-3-2-4-6-7;;/h3*3-6H,1H3;;. The number of rotatable bonds is 3. The minimum atomic E-state index is -2.37. The third-order valence-corrected chi connectivity index (χ3v) is 16.5. The van der Waals surface area contributed by atoms with Gasteiger partial charge in [-0.25, -0.2) is 0 Å². The molecule has 0 aliphatic rings. The van der Waals surface area contributed by atoms with Crippen LogP contribution in [0.15, 0.2) is 72.8 Å². The summed E-state index contributed by atoms with van der Waals surface area (Å²) in [5, 5.41) is 0. The van der Waals surface area contributed by atoms with Crippen LogP contribution in [0.1, 0.15) is 16.7 Å². The van der Waals surface area contributed by atoms with Crippen molar-refractivity contribution in [2.45, 2.75) is 20.8 Å². The van der Waals surface area contributed by atoms with E-state index in [9.17, 15) is 0 Å². The van der Waals surface area contributed by atoms with Gasteiger partial charge in [0.05, 0.1) is 0 Å². The first kappa shape index (κ1) is 15.5. The van der Waals surface area contributed by atoms with E-state index in [1.165, 1.54) is 16.7 Å². The van der Waals surface area contributed by atoms with Crippen molar-refractivity contribution < 1.29 is 0 Å². The van der Waals surface area contributed by atoms with E-state index in [0.717, 1.165) is 0 Å². The first-order valence-electron chi connectivity index (χ1n) is 7.83. The van der Waals surface area contributed by atoms with Crippen LogP contribution in [0.25, 0.3) is 0 Å². The summed E-state index contributed by atoms with van der Waals surface area (Å²) in [6.07, 6.45) is 0. The molecular weight excluding hydrogens is 459 g/mol.